The number of carbonyl (C=O) groups is 2. The fourth-order valence-electron chi connectivity index (χ4n) is 1.30. The van der Waals surface area contributed by atoms with Gasteiger partial charge in [-0.15, -0.1) is 0 Å². The van der Waals surface area contributed by atoms with Gasteiger partial charge in [-0.3, -0.25) is 9.59 Å². The predicted molar refractivity (Wildman–Crippen MR) is 61.8 cm³/mol. The van der Waals surface area contributed by atoms with Crippen molar-refractivity contribution in [3.05, 3.63) is 34.3 Å². The van der Waals surface area contributed by atoms with Gasteiger partial charge in [0.05, 0.1) is 11.6 Å². The standard InChI is InChI=1S/C12H13ClO3/c1-3-16-11(15)7-10(14)9-6-4-5-8(2)12(9)13/h4-6H,3,7H2,1-2H3. The van der Waals surface area contributed by atoms with Crippen molar-refractivity contribution in [2.24, 2.45) is 0 Å². The van der Waals surface area contributed by atoms with Crippen molar-refractivity contribution in [1.29, 1.82) is 0 Å². The smallest absolute Gasteiger partial charge is 0.313 e. The third-order valence-corrected chi connectivity index (χ3v) is 2.60. The lowest BCUT2D eigenvalue weighted by Crippen LogP contribution is -2.11. The third-order valence-electron chi connectivity index (χ3n) is 2.10. The number of halogens is 1. The molecule has 0 aliphatic heterocycles. The van der Waals surface area contributed by atoms with Crippen LogP contribution in [0.3, 0.4) is 0 Å². The van der Waals surface area contributed by atoms with Crippen molar-refractivity contribution in [3.8, 4) is 0 Å². The summed E-state index contributed by atoms with van der Waals surface area (Å²) in [6, 6.07) is 5.15. The van der Waals surface area contributed by atoms with E-state index in [1.165, 1.54) is 0 Å². The fraction of sp³-hybridized carbons (Fsp3) is 0.333. The molecule has 0 spiro atoms. The first kappa shape index (κ1) is 12.7. The van der Waals surface area contributed by atoms with E-state index in [0.29, 0.717) is 10.6 Å². The number of aryl methyl sites for hydroxylation is 1. The molecule has 1 rings (SSSR count). The van der Waals surface area contributed by atoms with Gasteiger partial charge in [0, 0.05) is 5.56 Å². The van der Waals surface area contributed by atoms with Crippen LogP contribution in [0.5, 0.6) is 0 Å². The molecule has 0 bridgehead atoms. The summed E-state index contributed by atoms with van der Waals surface area (Å²) in [4.78, 5) is 22.9. The van der Waals surface area contributed by atoms with Crippen molar-refractivity contribution in [2.45, 2.75) is 20.3 Å². The van der Waals surface area contributed by atoms with Crippen LogP contribution in [-0.4, -0.2) is 18.4 Å². The molecule has 0 fully saturated rings. The van der Waals surface area contributed by atoms with Crippen LogP contribution >= 0.6 is 11.6 Å². The van der Waals surface area contributed by atoms with Crippen LogP contribution in [0.1, 0.15) is 29.3 Å². The Bertz CT molecular complexity index is 413. The van der Waals surface area contributed by atoms with Crippen LogP contribution in [0, 0.1) is 6.92 Å². The average Bonchev–Trinajstić information content (AvgIpc) is 2.22. The molecule has 16 heavy (non-hydrogen) atoms. The van der Waals surface area contributed by atoms with Crippen LogP contribution in [0.2, 0.25) is 5.02 Å². The minimum Gasteiger partial charge on any atom is -0.466 e. The Morgan fingerprint density at radius 3 is 2.69 bits per heavy atom. The molecule has 0 unspecified atom stereocenters. The number of carbonyl (C=O) groups excluding carboxylic acids is 2. The molecule has 0 saturated heterocycles. The highest BCUT2D eigenvalue weighted by atomic mass is 35.5. The first-order valence-corrected chi connectivity index (χ1v) is 5.38. The van der Waals surface area contributed by atoms with Gasteiger partial charge in [-0.2, -0.15) is 0 Å². The lowest BCUT2D eigenvalue weighted by atomic mass is 10.1. The quantitative estimate of drug-likeness (QED) is 0.462. The van der Waals surface area contributed by atoms with Gasteiger partial charge < -0.3 is 4.74 Å². The van der Waals surface area contributed by atoms with Crippen molar-refractivity contribution >= 4 is 23.4 Å². The van der Waals surface area contributed by atoms with Gasteiger partial charge in [0.15, 0.2) is 5.78 Å². The monoisotopic (exact) mass is 240 g/mol. The Hall–Kier alpha value is -1.35. The van der Waals surface area contributed by atoms with Crippen LogP contribution < -0.4 is 0 Å². The fourth-order valence-corrected chi connectivity index (χ4v) is 1.53. The molecule has 0 amide bonds. The first-order chi connectivity index (χ1) is 7.56. The van der Waals surface area contributed by atoms with Crippen LogP contribution in [0.4, 0.5) is 0 Å². The normalized spacial score (nSPS) is 9.94. The maximum atomic E-state index is 11.7. The molecule has 1 aromatic carbocycles. The maximum absolute atomic E-state index is 11.7. The summed E-state index contributed by atoms with van der Waals surface area (Å²) in [6.45, 7) is 3.78. The largest absolute Gasteiger partial charge is 0.466 e. The zero-order valence-corrected chi connectivity index (χ0v) is 10.0. The number of ether oxygens (including phenoxy) is 1. The van der Waals surface area contributed by atoms with Gasteiger partial charge in [0.25, 0.3) is 0 Å². The van der Waals surface area contributed by atoms with Crippen molar-refractivity contribution in [3.63, 3.8) is 0 Å². The van der Waals surface area contributed by atoms with Gasteiger partial charge in [-0.1, -0.05) is 23.7 Å². The average molecular weight is 241 g/mol. The summed E-state index contributed by atoms with van der Waals surface area (Å²) >= 11 is 5.98. The molecule has 86 valence electrons. The van der Waals surface area contributed by atoms with E-state index in [1.807, 2.05) is 13.0 Å². The Morgan fingerprint density at radius 1 is 1.38 bits per heavy atom. The van der Waals surface area contributed by atoms with Gasteiger partial charge in [0.2, 0.25) is 0 Å². The van der Waals surface area contributed by atoms with Crippen molar-refractivity contribution < 1.29 is 14.3 Å². The highest BCUT2D eigenvalue weighted by Crippen LogP contribution is 2.21. The predicted octanol–water partition coefficient (Wildman–Crippen LogP) is 2.78. The topological polar surface area (TPSA) is 43.4 Å². The summed E-state index contributed by atoms with van der Waals surface area (Å²) < 4.78 is 4.70. The van der Waals surface area contributed by atoms with E-state index < -0.39 is 5.97 Å². The highest BCUT2D eigenvalue weighted by Gasteiger charge is 2.16. The van der Waals surface area contributed by atoms with E-state index in [2.05, 4.69) is 0 Å². The number of esters is 1. The molecular weight excluding hydrogens is 228 g/mol. The summed E-state index contributed by atoms with van der Waals surface area (Å²) in [5, 5.41) is 0.400. The van der Waals surface area contributed by atoms with Crippen LogP contribution in [0.25, 0.3) is 0 Å². The third kappa shape index (κ3) is 3.07. The second-order valence-corrected chi connectivity index (χ2v) is 3.72. The summed E-state index contributed by atoms with van der Waals surface area (Å²) in [5.74, 6) is -0.836. The van der Waals surface area contributed by atoms with Crippen LogP contribution in [-0.2, 0) is 9.53 Å². The second-order valence-electron chi connectivity index (χ2n) is 3.34. The van der Waals surface area contributed by atoms with E-state index in [-0.39, 0.29) is 18.8 Å². The number of hydrogen-bond acceptors (Lipinski definition) is 3. The molecule has 0 aliphatic carbocycles. The Labute approximate surface area is 99.4 Å². The minimum absolute atomic E-state index is 0.267. The van der Waals surface area contributed by atoms with Gasteiger partial charge in [-0.05, 0) is 25.5 Å². The Morgan fingerprint density at radius 2 is 2.06 bits per heavy atom. The number of hydrogen-bond donors (Lipinski definition) is 0. The molecule has 0 radical (unpaired) electrons. The van der Waals surface area contributed by atoms with E-state index in [0.717, 1.165) is 5.56 Å². The SMILES string of the molecule is CCOC(=O)CC(=O)c1cccc(C)c1Cl. The van der Waals surface area contributed by atoms with Gasteiger partial charge in [-0.25, -0.2) is 0 Å². The molecule has 0 aromatic heterocycles. The molecule has 3 nitrogen and oxygen atoms in total. The molecule has 4 heteroatoms. The number of Topliss-reactive ketones (excluding diaryl/α,β-unsaturated/α-hetero) is 1. The van der Waals surface area contributed by atoms with Gasteiger partial charge in [0.1, 0.15) is 6.42 Å². The van der Waals surface area contributed by atoms with Crippen LogP contribution in [0.15, 0.2) is 18.2 Å². The zero-order chi connectivity index (χ0) is 12.1. The second kappa shape index (κ2) is 5.66. The summed E-state index contributed by atoms with van der Waals surface area (Å²) in [5.41, 5.74) is 1.19. The summed E-state index contributed by atoms with van der Waals surface area (Å²) in [7, 11) is 0. The molecular formula is C12H13ClO3. The van der Waals surface area contributed by atoms with E-state index >= 15 is 0 Å². The van der Waals surface area contributed by atoms with E-state index in [9.17, 15) is 9.59 Å². The maximum Gasteiger partial charge on any atom is 0.313 e. The molecule has 0 saturated carbocycles. The molecule has 0 aliphatic rings. The number of rotatable bonds is 4. The number of benzene rings is 1. The molecule has 0 N–H and O–H groups in total. The van der Waals surface area contributed by atoms with Crippen molar-refractivity contribution in [2.75, 3.05) is 6.61 Å². The molecule has 0 heterocycles. The first-order valence-electron chi connectivity index (χ1n) is 5.00. The lowest BCUT2D eigenvalue weighted by molar-refractivity contribution is -0.141. The zero-order valence-electron chi connectivity index (χ0n) is 9.25. The summed E-state index contributed by atoms with van der Waals surface area (Å²) in [6.07, 6.45) is -0.267. The van der Waals surface area contributed by atoms with Crippen molar-refractivity contribution in [1.82, 2.24) is 0 Å². The molecule has 1 aromatic rings. The van der Waals surface area contributed by atoms with Gasteiger partial charge >= 0.3 is 5.97 Å². The lowest BCUT2D eigenvalue weighted by Gasteiger charge is -2.05. The van der Waals surface area contributed by atoms with E-state index in [1.54, 1.807) is 19.1 Å². The Kier molecular flexibility index (Phi) is 4.50. The number of ketones is 1. The Balaban J connectivity index is 2.81. The van der Waals surface area contributed by atoms with E-state index in [4.69, 9.17) is 16.3 Å². The minimum atomic E-state index is -0.523. The highest BCUT2D eigenvalue weighted by molar-refractivity contribution is 6.35. The molecule has 0 atom stereocenters.